The first-order valence-electron chi connectivity index (χ1n) is 11.5. The summed E-state index contributed by atoms with van der Waals surface area (Å²) in [5, 5.41) is 71.3. The van der Waals surface area contributed by atoms with Crippen molar-refractivity contribution in [2.75, 3.05) is 13.2 Å². The number of carbonyl (C=O) groups excluding carboxylic acids is 1. The summed E-state index contributed by atoms with van der Waals surface area (Å²) in [6.07, 6.45) is -14.5. The summed E-state index contributed by atoms with van der Waals surface area (Å²) in [6.45, 7) is 5.71. The summed E-state index contributed by atoms with van der Waals surface area (Å²) in [5.41, 5.74) is 1.27. The van der Waals surface area contributed by atoms with E-state index in [-0.39, 0.29) is 24.6 Å². The van der Waals surface area contributed by atoms with Gasteiger partial charge in [-0.3, -0.25) is 4.79 Å². The van der Waals surface area contributed by atoms with Gasteiger partial charge >= 0.3 is 0 Å². The number of Topliss-reactive ketones (excluding diaryl/α,β-unsaturated/α-hetero) is 1. The van der Waals surface area contributed by atoms with E-state index in [0.717, 1.165) is 0 Å². The number of benzene rings is 1. The second kappa shape index (κ2) is 12.0. The summed E-state index contributed by atoms with van der Waals surface area (Å²) < 4.78 is 22.2. The average Bonchev–Trinajstić information content (AvgIpc) is 2.83. The van der Waals surface area contributed by atoms with Crippen LogP contribution >= 0.6 is 0 Å². The van der Waals surface area contributed by atoms with Gasteiger partial charge in [0, 0.05) is 12.0 Å². The standard InChI is InChI=1S/C24H34O12/c1-10(2)14(27)7-13-6-12(11(3)26)4-5-16(13)34-24-21(32)22(19(30)17(8-25)35-24)36-23-20(31)18(29)15(28)9-33-23/h4-6,14-15,17-25,27-32H,1,7-9H2,2-3H3/t14-,15-,17-,18-,19+,20+,21-,22+,23+,24-/m1/s1. The number of rotatable bonds is 9. The number of aliphatic hydroxyl groups is 7. The molecule has 2 saturated heterocycles. The van der Waals surface area contributed by atoms with Gasteiger partial charge in [-0.15, -0.1) is 0 Å². The van der Waals surface area contributed by atoms with Crippen molar-refractivity contribution < 1.29 is 59.5 Å². The number of aliphatic hydroxyl groups excluding tert-OH is 7. The van der Waals surface area contributed by atoms with Gasteiger partial charge in [0.1, 0.15) is 48.5 Å². The minimum atomic E-state index is -1.68. The predicted octanol–water partition coefficient (Wildman–Crippen LogP) is -1.99. The lowest BCUT2D eigenvalue weighted by molar-refractivity contribution is -0.339. The molecule has 2 heterocycles. The maximum atomic E-state index is 11.9. The molecule has 3 rings (SSSR count). The predicted molar refractivity (Wildman–Crippen MR) is 122 cm³/mol. The molecule has 12 nitrogen and oxygen atoms in total. The molecule has 0 spiro atoms. The van der Waals surface area contributed by atoms with Crippen molar-refractivity contribution in [1.29, 1.82) is 0 Å². The van der Waals surface area contributed by atoms with Crippen LogP contribution in [0.5, 0.6) is 5.75 Å². The number of carbonyl (C=O) groups is 1. The second-order valence-electron chi connectivity index (χ2n) is 9.12. The number of hydrogen-bond donors (Lipinski definition) is 7. The summed E-state index contributed by atoms with van der Waals surface area (Å²) in [6, 6.07) is 4.49. The van der Waals surface area contributed by atoms with E-state index >= 15 is 0 Å². The molecule has 1 aromatic rings. The zero-order valence-corrected chi connectivity index (χ0v) is 20.0. The van der Waals surface area contributed by atoms with Crippen LogP contribution < -0.4 is 4.74 Å². The molecule has 2 aliphatic rings. The van der Waals surface area contributed by atoms with Crippen molar-refractivity contribution in [3.63, 3.8) is 0 Å². The molecule has 2 aliphatic heterocycles. The largest absolute Gasteiger partial charge is 0.462 e. The minimum Gasteiger partial charge on any atom is -0.462 e. The highest BCUT2D eigenvalue weighted by Gasteiger charge is 2.49. The van der Waals surface area contributed by atoms with E-state index < -0.39 is 68.0 Å². The van der Waals surface area contributed by atoms with Gasteiger partial charge in [-0.1, -0.05) is 12.2 Å². The second-order valence-corrected chi connectivity index (χ2v) is 9.12. The van der Waals surface area contributed by atoms with Gasteiger partial charge in [-0.05, 0) is 37.6 Å². The molecule has 1 aromatic carbocycles. The molecule has 2 fully saturated rings. The van der Waals surface area contributed by atoms with Crippen LogP contribution in [-0.2, 0) is 20.6 Å². The molecule has 0 saturated carbocycles. The SMILES string of the molecule is C=C(C)[C@H](O)Cc1cc(C(C)=O)ccc1O[C@@H]1O[C@H](CO)[C@H](O)[C@H](O[C@@H]2OC[C@@H](O)[C@@H](O)[C@@H]2O)[C@H]1O. The first-order chi connectivity index (χ1) is 16.9. The molecule has 7 N–H and O–H groups in total. The van der Waals surface area contributed by atoms with Gasteiger partial charge in [-0.25, -0.2) is 0 Å². The summed E-state index contributed by atoms with van der Waals surface area (Å²) in [4.78, 5) is 11.9. The monoisotopic (exact) mass is 514 g/mol. The van der Waals surface area contributed by atoms with Crippen LogP contribution in [0.4, 0.5) is 0 Å². The molecule has 10 atom stereocenters. The Morgan fingerprint density at radius 3 is 2.39 bits per heavy atom. The van der Waals surface area contributed by atoms with Crippen LogP contribution in [0.3, 0.4) is 0 Å². The van der Waals surface area contributed by atoms with E-state index in [1.165, 1.54) is 25.1 Å². The first-order valence-corrected chi connectivity index (χ1v) is 11.5. The molecule has 202 valence electrons. The quantitative estimate of drug-likeness (QED) is 0.142. The van der Waals surface area contributed by atoms with E-state index in [1.807, 2.05) is 0 Å². The lowest BCUT2D eigenvalue weighted by Gasteiger charge is -2.44. The van der Waals surface area contributed by atoms with Crippen LogP contribution in [0.25, 0.3) is 0 Å². The lowest BCUT2D eigenvalue weighted by atomic mass is 9.97. The average molecular weight is 515 g/mol. The Bertz CT molecular complexity index is 922. The van der Waals surface area contributed by atoms with Crippen molar-refractivity contribution in [1.82, 2.24) is 0 Å². The fourth-order valence-electron chi connectivity index (χ4n) is 3.95. The number of ketones is 1. The minimum absolute atomic E-state index is 0.0445. The van der Waals surface area contributed by atoms with Gasteiger partial charge in [0.25, 0.3) is 0 Å². The maximum absolute atomic E-state index is 11.9. The molecule has 0 aliphatic carbocycles. The van der Waals surface area contributed by atoms with Crippen molar-refractivity contribution in [3.8, 4) is 5.75 Å². The first kappa shape index (κ1) is 28.6. The Kier molecular flexibility index (Phi) is 9.57. The Morgan fingerprint density at radius 1 is 1.08 bits per heavy atom. The van der Waals surface area contributed by atoms with Crippen LogP contribution in [0.2, 0.25) is 0 Å². The van der Waals surface area contributed by atoms with Crippen LogP contribution in [0.1, 0.15) is 29.8 Å². The smallest absolute Gasteiger partial charge is 0.229 e. The van der Waals surface area contributed by atoms with Crippen molar-refractivity contribution in [2.24, 2.45) is 0 Å². The van der Waals surface area contributed by atoms with Gasteiger partial charge in [0.15, 0.2) is 12.1 Å². The van der Waals surface area contributed by atoms with Gasteiger partial charge in [0.2, 0.25) is 6.29 Å². The molecule has 0 radical (unpaired) electrons. The zero-order valence-electron chi connectivity index (χ0n) is 20.0. The molecular weight excluding hydrogens is 480 g/mol. The highest BCUT2D eigenvalue weighted by atomic mass is 16.7. The molecule has 36 heavy (non-hydrogen) atoms. The normalized spacial score (nSPS) is 35.8. The van der Waals surface area contributed by atoms with E-state index in [2.05, 4.69) is 6.58 Å². The summed E-state index contributed by atoms with van der Waals surface area (Å²) in [7, 11) is 0. The fraction of sp³-hybridized carbons (Fsp3) is 0.625. The van der Waals surface area contributed by atoms with Gasteiger partial charge in [-0.2, -0.15) is 0 Å². The van der Waals surface area contributed by atoms with Gasteiger partial charge < -0.3 is 54.7 Å². The lowest BCUT2D eigenvalue weighted by Crippen LogP contribution is -2.63. The molecule has 0 amide bonds. The third kappa shape index (κ3) is 6.29. The number of hydrogen-bond acceptors (Lipinski definition) is 12. The number of ether oxygens (including phenoxy) is 4. The highest BCUT2D eigenvalue weighted by Crippen LogP contribution is 2.31. The van der Waals surface area contributed by atoms with Gasteiger partial charge in [0.05, 0.1) is 19.3 Å². The van der Waals surface area contributed by atoms with Crippen LogP contribution in [-0.4, -0.2) is 116 Å². The van der Waals surface area contributed by atoms with Crippen molar-refractivity contribution in [3.05, 3.63) is 41.5 Å². The van der Waals surface area contributed by atoms with Crippen molar-refractivity contribution >= 4 is 5.78 Å². The zero-order chi connectivity index (χ0) is 26.7. The van der Waals surface area contributed by atoms with Crippen molar-refractivity contribution in [2.45, 2.75) is 81.7 Å². The third-order valence-corrected chi connectivity index (χ3v) is 6.26. The third-order valence-electron chi connectivity index (χ3n) is 6.26. The summed E-state index contributed by atoms with van der Waals surface area (Å²) in [5.74, 6) is -0.0551. The van der Waals surface area contributed by atoms with E-state index in [9.17, 15) is 40.5 Å². The van der Waals surface area contributed by atoms with Crippen LogP contribution in [0.15, 0.2) is 30.4 Å². The molecule has 0 bridgehead atoms. The maximum Gasteiger partial charge on any atom is 0.229 e. The highest BCUT2D eigenvalue weighted by molar-refractivity contribution is 5.94. The Hall–Kier alpha value is -1.97. The van der Waals surface area contributed by atoms with Crippen LogP contribution in [0, 0.1) is 0 Å². The molecule has 0 aromatic heterocycles. The van der Waals surface area contributed by atoms with E-state index in [0.29, 0.717) is 16.7 Å². The molecular formula is C24H34O12. The Morgan fingerprint density at radius 2 is 1.78 bits per heavy atom. The van der Waals surface area contributed by atoms with E-state index in [1.54, 1.807) is 6.92 Å². The Balaban J connectivity index is 1.85. The Labute approximate surface area is 207 Å². The topological polar surface area (TPSA) is 196 Å². The van der Waals surface area contributed by atoms with E-state index in [4.69, 9.17) is 18.9 Å². The molecule has 0 unspecified atom stereocenters. The summed E-state index contributed by atoms with van der Waals surface area (Å²) >= 11 is 0. The molecule has 12 heteroatoms. The fourth-order valence-corrected chi connectivity index (χ4v) is 3.95.